The molecule has 156 valence electrons. The fraction of sp³-hybridized carbons (Fsp3) is 0.208. The molecular formula is C24H24N6S. The maximum absolute atomic E-state index is 4.78. The first kappa shape index (κ1) is 19.6. The van der Waals surface area contributed by atoms with Crippen molar-refractivity contribution < 1.29 is 0 Å². The minimum Gasteiger partial charge on any atom is -0.347 e. The second kappa shape index (κ2) is 8.43. The molecule has 0 saturated carbocycles. The number of hydrogen-bond acceptors (Lipinski definition) is 6. The van der Waals surface area contributed by atoms with Gasteiger partial charge in [0, 0.05) is 11.1 Å². The van der Waals surface area contributed by atoms with Crippen LogP contribution in [0.15, 0.2) is 59.6 Å². The maximum Gasteiger partial charge on any atom is 0.225 e. The molecule has 4 aromatic rings. The minimum absolute atomic E-state index is 0.198. The van der Waals surface area contributed by atoms with E-state index in [2.05, 4.69) is 45.1 Å². The van der Waals surface area contributed by atoms with Gasteiger partial charge in [-0.2, -0.15) is 10.1 Å². The van der Waals surface area contributed by atoms with Crippen molar-refractivity contribution in [3.05, 3.63) is 71.6 Å². The first-order valence-electron chi connectivity index (χ1n) is 10.5. The van der Waals surface area contributed by atoms with Crippen molar-refractivity contribution in [2.75, 3.05) is 10.6 Å². The Morgan fingerprint density at radius 1 is 1.16 bits per heavy atom. The van der Waals surface area contributed by atoms with Gasteiger partial charge in [-0.1, -0.05) is 30.3 Å². The Labute approximate surface area is 186 Å². The summed E-state index contributed by atoms with van der Waals surface area (Å²) in [6, 6.07) is 14.8. The van der Waals surface area contributed by atoms with Gasteiger partial charge in [0.05, 0.1) is 28.3 Å². The zero-order chi connectivity index (χ0) is 21.2. The van der Waals surface area contributed by atoms with Crippen LogP contribution < -0.4 is 10.6 Å². The van der Waals surface area contributed by atoms with Gasteiger partial charge in [0.2, 0.25) is 5.95 Å². The third kappa shape index (κ3) is 4.01. The van der Waals surface area contributed by atoms with Gasteiger partial charge in [0.1, 0.15) is 5.82 Å². The number of aryl methyl sites for hydroxylation is 1. The number of H-pyrrole nitrogens is 1. The van der Waals surface area contributed by atoms with E-state index in [1.165, 1.54) is 11.1 Å². The maximum atomic E-state index is 4.78. The van der Waals surface area contributed by atoms with Crippen molar-refractivity contribution in [2.45, 2.75) is 37.1 Å². The number of thiol groups is 1. The van der Waals surface area contributed by atoms with Crippen LogP contribution in [0.25, 0.3) is 17.0 Å². The number of allylic oxidation sites excluding steroid dienone is 1. The van der Waals surface area contributed by atoms with Crippen LogP contribution in [-0.2, 0) is 6.42 Å². The molecule has 2 heterocycles. The van der Waals surface area contributed by atoms with E-state index in [0.717, 1.165) is 41.5 Å². The first-order valence-corrected chi connectivity index (χ1v) is 10.9. The summed E-state index contributed by atoms with van der Waals surface area (Å²) < 4.78 is 0. The predicted octanol–water partition coefficient (Wildman–Crippen LogP) is 5.91. The van der Waals surface area contributed by atoms with Gasteiger partial charge >= 0.3 is 0 Å². The Balaban J connectivity index is 1.49. The highest BCUT2D eigenvalue weighted by molar-refractivity contribution is 7.80. The SMILES string of the molecule is C/C=C\c1nc(NC2CCCc3ccccc32)nc(Nc2ccc3[nH]ncc3c2)c1S. The predicted molar refractivity (Wildman–Crippen MR) is 129 cm³/mol. The van der Waals surface area contributed by atoms with Crippen LogP contribution in [0.1, 0.15) is 42.6 Å². The van der Waals surface area contributed by atoms with Gasteiger partial charge in [-0.25, -0.2) is 4.98 Å². The van der Waals surface area contributed by atoms with Gasteiger partial charge in [0.15, 0.2) is 0 Å². The van der Waals surface area contributed by atoms with Crippen molar-refractivity contribution in [3.63, 3.8) is 0 Å². The Bertz CT molecular complexity index is 1260. The molecule has 0 spiro atoms. The Morgan fingerprint density at radius 3 is 2.97 bits per heavy atom. The monoisotopic (exact) mass is 428 g/mol. The highest BCUT2D eigenvalue weighted by Gasteiger charge is 2.21. The lowest BCUT2D eigenvalue weighted by molar-refractivity contribution is 0.596. The lowest BCUT2D eigenvalue weighted by atomic mass is 9.88. The van der Waals surface area contributed by atoms with Crippen molar-refractivity contribution in [2.24, 2.45) is 0 Å². The van der Waals surface area contributed by atoms with Crippen LogP contribution in [0.5, 0.6) is 0 Å². The van der Waals surface area contributed by atoms with Gasteiger partial charge in [-0.05, 0) is 61.6 Å². The van der Waals surface area contributed by atoms with E-state index in [-0.39, 0.29) is 6.04 Å². The normalized spacial score (nSPS) is 15.9. The standard InChI is InChI=1S/C24H24N6S/c1-2-6-21-22(31)23(26-17-11-12-19-16(13-17)14-25-30-19)29-24(28-21)27-20-10-5-8-15-7-3-4-9-18(15)20/h2-4,6-7,9,11-14,20,31H,5,8,10H2,1H3,(H,25,30)(H2,26,27,28,29)/b6-2-. The van der Waals surface area contributed by atoms with Crippen molar-refractivity contribution in [1.29, 1.82) is 0 Å². The molecule has 0 aliphatic heterocycles. The molecule has 0 bridgehead atoms. The van der Waals surface area contributed by atoms with Crippen molar-refractivity contribution >= 4 is 47.1 Å². The van der Waals surface area contributed by atoms with Crippen LogP contribution in [-0.4, -0.2) is 20.2 Å². The number of nitrogens with one attached hydrogen (secondary N) is 3. The molecular weight excluding hydrogens is 404 g/mol. The number of rotatable bonds is 5. The Hall–Kier alpha value is -3.32. The smallest absolute Gasteiger partial charge is 0.225 e. The number of benzene rings is 2. The average Bonchev–Trinajstić information content (AvgIpc) is 3.25. The molecule has 5 rings (SSSR count). The molecule has 3 N–H and O–H groups in total. The lowest BCUT2D eigenvalue weighted by Gasteiger charge is -2.26. The van der Waals surface area contributed by atoms with E-state index >= 15 is 0 Å². The topological polar surface area (TPSA) is 78.5 Å². The molecule has 1 aliphatic carbocycles. The Morgan fingerprint density at radius 2 is 2.06 bits per heavy atom. The summed E-state index contributed by atoms with van der Waals surface area (Å²) in [5, 5.41) is 15.1. The van der Waals surface area contributed by atoms with Crippen LogP contribution in [0.4, 0.5) is 17.5 Å². The van der Waals surface area contributed by atoms with E-state index in [1.807, 2.05) is 37.3 Å². The van der Waals surface area contributed by atoms with E-state index in [4.69, 9.17) is 22.6 Å². The largest absolute Gasteiger partial charge is 0.347 e. The first-order chi connectivity index (χ1) is 15.2. The van der Waals surface area contributed by atoms with Crippen molar-refractivity contribution in [1.82, 2.24) is 20.2 Å². The molecule has 0 fully saturated rings. The molecule has 0 saturated heterocycles. The number of anilines is 3. The van der Waals surface area contributed by atoms with Crippen LogP contribution in [0.3, 0.4) is 0 Å². The molecule has 6 nitrogen and oxygen atoms in total. The number of fused-ring (bicyclic) bond motifs is 2. The molecule has 1 unspecified atom stereocenters. The third-order valence-corrected chi connectivity index (χ3v) is 6.05. The summed E-state index contributed by atoms with van der Waals surface area (Å²) >= 11 is 4.71. The van der Waals surface area contributed by atoms with Gasteiger partial charge in [-0.15, -0.1) is 12.6 Å². The highest BCUT2D eigenvalue weighted by atomic mass is 32.1. The summed E-state index contributed by atoms with van der Waals surface area (Å²) in [5.41, 5.74) is 5.42. The summed E-state index contributed by atoms with van der Waals surface area (Å²) in [6.45, 7) is 1.97. The second-order valence-corrected chi connectivity index (χ2v) is 8.16. The molecule has 7 heteroatoms. The summed E-state index contributed by atoms with van der Waals surface area (Å²) in [6.07, 6.45) is 9.05. The van der Waals surface area contributed by atoms with Crippen LogP contribution >= 0.6 is 12.6 Å². The quantitative estimate of drug-likeness (QED) is 0.297. The van der Waals surface area contributed by atoms with Crippen molar-refractivity contribution in [3.8, 4) is 0 Å². The minimum atomic E-state index is 0.198. The molecule has 31 heavy (non-hydrogen) atoms. The van der Waals surface area contributed by atoms with E-state index in [0.29, 0.717) is 16.7 Å². The van der Waals surface area contributed by atoms with Crippen LogP contribution in [0, 0.1) is 0 Å². The third-order valence-electron chi connectivity index (χ3n) is 5.61. The van der Waals surface area contributed by atoms with Crippen LogP contribution in [0.2, 0.25) is 0 Å². The number of nitrogens with zero attached hydrogens (tertiary/aromatic N) is 3. The number of aromatic amines is 1. The highest BCUT2D eigenvalue weighted by Crippen LogP contribution is 2.33. The van der Waals surface area contributed by atoms with Gasteiger partial charge in [0.25, 0.3) is 0 Å². The van der Waals surface area contributed by atoms with E-state index in [1.54, 1.807) is 6.20 Å². The molecule has 0 amide bonds. The zero-order valence-corrected chi connectivity index (χ0v) is 18.2. The molecule has 2 aromatic carbocycles. The van der Waals surface area contributed by atoms with E-state index in [9.17, 15) is 0 Å². The number of hydrogen-bond donors (Lipinski definition) is 4. The summed E-state index contributed by atoms with van der Waals surface area (Å²) in [7, 11) is 0. The van der Waals surface area contributed by atoms with E-state index < -0.39 is 0 Å². The van der Waals surface area contributed by atoms with Gasteiger partial charge < -0.3 is 10.6 Å². The van der Waals surface area contributed by atoms with Gasteiger partial charge in [-0.3, -0.25) is 5.10 Å². The zero-order valence-electron chi connectivity index (χ0n) is 17.3. The lowest BCUT2D eigenvalue weighted by Crippen LogP contribution is -2.19. The molecule has 0 radical (unpaired) electrons. The summed E-state index contributed by atoms with van der Waals surface area (Å²) in [5.74, 6) is 1.26. The second-order valence-electron chi connectivity index (χ2n) is 7.71. The average molecular weight is 429 g/mol. The molecule has 1 aliphatic rings. The fourth-order valence-electron chi connectivity index (χ4n) is 4.11. The molecule has 2 aromatic heterocycles. The summed E-state index contributed by atoms with van der Waals surface area (Å²) in [4.78, 5) is 10.2. The number of aromatic nitrogens is 4. The molecule has 1 atom stereocenters. The Kier molecular flexibility index (Phi) is 5.34. The fourth-order valence-corrected chi connectivity index (χ4v) is 4.35.